The van der Waals surface area contributed by atoms with Gasteiger partial charge in [0.25, 0.3) is 0 Å². The molecule has 0 atom stereocenters. The molecule has 0 aromatic heterocycles. The lowest BCUT2D eigenvalue weighted by molar-refractivity contribution is 0.372. The monoisotopic (exact) mass is 267 g/mol. The first kappa shape index (κ1) is 11.2. The Morgan fingerprint density at radius 2 is 1.93 bits per heavy atom. The van der Waals surface area contributed by atoms with Gasteiger partial charge in [0.15, 0.2) is 0 Å². The maximum atomic E-state index is 3.62. The van der Waals surface area contributed by atoms with E-state index < -0.39 is 0 Å². The van der Waals surface area contributed by atoms with Gasteiger partial charge < -0.3 is 5.32 Å². The van der Waals surface area contributed by atoms with Crippen molar-refractivity contribution >= 4 is 15.9 Å². The maximum Gasteiger partial charge on any atom is 0.0432 e. The van der Waals surface area contributed by atoms with Gasteiger partial charge in [-0.1, -0.05) is 40.9 Å². The van der Waals surface area contributed by atoms with Gasteiger partial charge in [-0.2, -0.15) is 0 Å². The molecule has 1 aliphatic carbocycles. The van der Waals surface area contributed by atoms with Gasteiger partial charge in [-0.15, -0.1) is 0 Å². The molecule has 2 rings (SSSR count). The van der Waals surface area contributed by atoms with Gasteiger partial charge in [-0.25, -0.2) is 0 Å². The molecular weight excluding hydrogens is 250 g/mol. The third-order valence-corrected chi connectivity index (χ3v) is 4.51. The third-order valence-electron chi connectivity index (χ3n) is 3.66. The highest BCUT2D eigenvalue weighted by atomic mass is 79.9. The number of aryl methyl sites for hydroxylation is 1. The van der Waals surface area contributed by atoms with Crippen LogP contribution in [0, 0.1) is 6.92 Å². The van der Waals surface area contributed by atoms with Gasteiger partial charge in [-0.3, -0.25) is 0 Å². The molecule has 0 bridgehead atoms. The maximum absolute atomic E-state index is 3.62. The highest BCUT2D eigenvalue weighted by Crippen LogP contribution is 2.39. The van der Waals surface area contributed by atoms with Gasteiger partial charge in [-0.05, 0) is 44.0 Å². The zero-order chi connectivity index (χ0) is 10.9. The van der Waals surface area contributed by atoms with Crippen molar-refractivity contribution in [1.29, 1.82) is 0 Å². The molecule has 1 aromatic carbocycles. The quantitative estimate of drug-likeness (QED) is 0.861. The topological polar surface area (TPSA) is 12.0 Å². The molecule has 0 amide bonds. The van der Waals surface area contributed by atoms with Crippen molar-refractivity contribution in [2.45, 2.75) is 38.1 Å². The molecule has 0 radical (unpaired) electrons. The first-order valence-corrected chi connectivity index (χ1v) is 6.43. The van der Waals surface area contributed by atoms with Crippen molar-refractivity contribution in [3.05, 3.63) is 33.8 Å². The Bertz CT molecular complexity index is 354. The molecule has 82 valence electrons. The van der Waals surface area contributed by atoms with Crippen LogP contribution in [0.3, 0.4) is 0 Å². The van der Waals surface area contributed by atoms with Crippen LogP contribution in [0.4, 0.5) is 0 Å². The Balaban J connectivity index is 2.38. The number of nitrogens with one attached hydrogen (secondary N) is 1. The summed E-state index contributed by atoms with van der Waals surface area (Å²) in [5.41, 5.74) is 2.97. The van der Waals surface area contributed by atoms with E-state index in [1.54, 1.807) is 0 Å². The zero-order valence-electron chi connectivity index (χ0n) is 9.44. The first-order chi connectivity index (χ1) is 7.18. The number of rotatable bonds is 2. The lowest BCUT2D eigenvalue weighted by Crippen LogP contribution is -2.36. The van der Waals surface area contributed by atoms with Crippen LogP contribution in [-0.2, 0) is 5.54 Å². The summed E-state index contributed by atoms with van der Waals surface area (Å²) in [4.78, 5) is 0. The second kappa shape index (κ2) is 4.26. The van der Waals surface area contributed by atoms with Crippen molar-refractivity contribution in [1.82, 2.24) is 5.32 Å². The first-order valence-electron chi connectivity index (χ1n) is 5.63. The number of benzene rings is 1. The van der Waals surface area contributed by atoms with Crippen LogP contribution in [0.5, 0.6) is 0 Å². The Morgan fingerprint density at radius 3 is 2.47 bits per heavy atom. The summed E-state index contributed by atoms with van der Waals surface area (Å²) >= 11 is 3.62. The van der Waals surface area contributed by atoms with Crippen molar-refractivity contribution in [2.75, 3.05) is 7.05 Å². The highest BCUT2D eigenvalue weighted by molar-refractivity contribution is 9.10. The van der Waals surface area contributed by atoms with E-state index in [2.05, 4.69) is 53.4 Å². The van der Waals surface area contributed by atoms with Crippen LogP contribution in [0.1, 0.15) is 36.8 Å². The molecule has 1 nitrogen and oxygen atoms in total. The van der Waals surface area contributed by atoms with E-state index in [0.29, 0.717) is 0 Å². The fourth-order valence-corrected chi connectivity index (χ4v) is 2.93. The Kier molecular flexibility index (Phi) is 3.17. The smallest absolute Gasteiger partial charge is 0.0432 e. The van der Waals surface area contributed by atoms with Crippen LogP contribution in [0.2, 0.25) is 0 Å². The van der Waals surface area contributed by atoms with E-state index in [-0.39, 0.29) is 5.54 Å². The lowest BCUT2D eigenvalue weighted by Gasteiger charge is -2.29. The van der Waals surface area contributed by atoms with E-state index in [4.69, 9.17) is 0 Å². The summed E-state index contributed by atoms with van der Waals surface area (Å²) in [7, 11) is 2.08. The summed E-state index contributed by atoms with van der Waals surface area (Å²) in [6.07, 6.45) is 5.21. The van der Waals surface area contributed by atoms with E-state index in [0.717, 1.165) is 0 Å². The summed E-state index contributed by atoms with van der Waals surface area (Å²) in [5, 5.41) is 3.52. The highest BCUT2D eigenvalue weighted by Gasteiger charge is 2.33. The predicted octanol–water partition coefficient (Wildman–Crippen LogP) is 3.75. The molecule has 0 spiro atoms. The molecule has 2 heteroatoms. The van der Waals surface area contributed by atoms with Gasteiger partial charge >= 0.3 is 0 Å². The molecule has 0 unspecified atom stereocenters. The van der Waals surface area contributed by atoms with E-state index in [9.17, 15) is 0 Å². The zero-order valence-corrected chi connectivity index (χ0v) is 11.0. The number of halogens is 1. The van der Waals surface area contributed by atoms with Gasteiger partial charge in [0.05, 0.1) is 0 Å². The van der Waals surface area contributed by atoms with Crippen LogP contribution >= 0.6 is 15.9 Å². The molecule has 0 saturated heterocycles. The predicted molar refractivity (Wildman–Crippen MR) is 68.1 cm³/mol. The number of hydrogen-bond acceptors (Lipinski definition) is 1. The van der Waals surface area contributed by atoms with Gasteiger partial charge in [0.1, 0.15) is 0 Å². The molecule has 1 aromatic rings. The van der Waals surface area contributed by atoms with Crippen molar-refractivity contribution in [3.63, 3.8) is 0 Å². The summed E-state index contributed by atoms with van der Waals surface area (Å²) in [6.45, 7) is 2.13. The summed E-state index contributed by atoms with van der Waals surface area (Å²) < 4.78 is 1.22. The minimum absolute atomic E-state index is 0.232. The minimum Gasteiger partial charge on any atom is -0.310 e. The largest absolute Gasteiger partial charge is 0.310 e. The Hall–Kier alpha value is -0.340. The third kappa shape index (κ3) is 1.98. The fraction of sp³-hybridized carbons (Fsp3) is 0.538. The van der Waals surface area contributed by atoms with Gasteiger partial charge in [0, 0.05) is 10.0 Å². The molecule has 1 N–H and O–H groups in total. The van der Waals surface area contributed by atoms with Crippen molar-refractivity contribution in [3.8, 4) is 0 Å². The molecule has 1 fully saturated rings. The number of hydrogen-bond donors (Lipinski definition) is 1. The standard InChI is InChI=1S/C13H18BrN/c1-10-5-6-11(9-12(10)14)13(15-2)7-3-4-8-13/h5-6,9,15H,3-4,7-8H2,1-2H3. The van der Waals surface area contributed by atoms with E-state index in [1.807, 2.05) is 0 Å². The Labute approximate surface area is 100 Å². The molecule has 1 saturated carbocycles. The van der Waals surface area contributed by atoms with Crippen LogP contribution < -0.4 is 5.32 Å². The second-order valence-electron chi connectivity index (χ2n) is 4.50. The van der Waals surface area contributed by atoms with Crippen molar-refractivity contribution in [2.24, 2.45) is 0 Å². The molecule has 0 aliphatic heterocycles. The molecule has 0 heterocycles. The average molecular weight is 268 g/mol. The van der Waals surface area contributed by atoms with Crippen LogP contribution in [0.25, 0.3) is 0 Å². The minimum atomic E-state index is 0.232. The molecule has 15 heavy (non-hydrogen) atoms. The second-order valence-corrected chi connectivity index (χ2v) is 5.36. The fourth-order valence-electron chi connectivity index (χ4n) is 2.55. The van der Waals surface area contributed by atoms with E-state index in [1.165, 1.54) is 41.3 Å². The Morgan fingerprint density at radius 1 is 1.27 bits per heavy atom. The normalized spacial score (nSPS) is 19.4. The lowest BCUT2D eigenvalue weighted by atomic mass is 9.88. The van der Waals surface area contributed by atoms with Crippen molar-refractivity contribution < 1.29 is 0 Å². The summed E-state index contributed by atoms with van der Waals surface area (Å²) in [6, 6.07) is 6.75. The van der Waals surface area contributed by atoms with Crippen LogP contribution in [-0.4, -0.2) is 7.05 Å². The van der Waals surface area contributed by atoms with Crippen LogP contribution in [0.15, 0.2) is 22.7 Å². The van der Waals surface area contributed by atoms with E-state index >= 15 is 0 Å². The molecule has 1 aliphatic rings. The summed E-state index contributed by atoms with van der Waals surface area (Å²) in [5.74, 6) is 0. The SMILES string of the molecule is CNC1(c2ccc(C)c(Br)c2)CCCC1. The van der Waals surface area contributed by atoms with Gasteiger partial charge in [0.2, 0.25) is 0 Å². The average Bonchev–Trinajstić information content (AvgIpc) is 2.72. The molecular formula is C13H18BrN.